The van der Waals surface area contributed by atoms with Crippen molar-refractivity contribution in [2.75, 3.05) is 6.61 Å². The highest BCUT2D eigenvalue weighted by molar-refractivity contribution is 4.84. The molecule has 0 aromatic carbocycles. The van der Waals surface area contributed by atoms with Crippen LogP contribution < -0.4 is 0 Å². The van der Waals surface area contributed by atoms with Crippen molar-refractivity contribution in [3.05, 3.63) is 0 Å². The molecule has 0 bridgehead atoms. The molecule has 16 heavy (non-hydrogen) atoms. The zero-order chi connectivity index (χ0) is 11.5. The average Bonchev–Trinajstić information content (AvgIpc) is 2.28. The fourth-order valence-corrected chi connectivity index (χ4v) is 3.63. The van der Waals surface area contributed by atoms with Crippen LogP contribution in [0.2, 0.25) is 0 Å². The molecule has 0 aromatic heterocycles. The van der Waals surface area contributed by atoms with Gasteiger partial charge in [0.2, 0.25) is 0 Å². The molecule has 4 atom stereocenters. The van der Waals surface area contributed by atoms with E-state index in [0.29, 0.717) is 5.92 Å². The van der Waals surface area contributed by atoms with Gasteiger partial charge in [0.25, 0.3) is 0 Å². The van der Waals surface area contributed by atoms with Crippen LogP contribution in [0.1, 0.15) is 52.4 Å². The molecule has 94 valence electrons. The van der Waals surface area contributed by atoms with Gasteiger partial charge in [0.05, 0.1) is 12.2 Å². The molecule has 4 unspecified atom stereocenters. The lowest BCUT2D eigenvalue weighted by molar-refractivity contribution is -0.0940. The molecule has 0 amide bonds. The smallest absolute Gasteiger partial charge is 0.0836 e. The molecule has 2 heteroatoms. The zero-order valence-electron chi connectivity index (χ0n) is 10.7. The maximum absolute atomic E-state index is 10.4. The SMILES string of the molecule is CC1CC(C)CC(C(O)C2CCCCO2)C1. The predicted octanol–water partition coefficient (Wildman–Crippen LogP) is 2.99. The normalized spacial score (nSPS) is 42.9. The van der Waals surface area contributed by atoms with E-state index in [9.17, 15) is 5.11 Å². The van der Waals surface area contributed by atoms with Gasteiger partial charge in [0.15, 0.2) is 0 Å². The highest BCUT2D eigenvalue weighted by atomic mass is 16.5. The van der Waals surface area contributed by atoms with Gasteiger partial charge in [-0.15, -0.1) is 0 Å². The van der Waals surface area contributed by atoms with E-state index in [-0.39, 0.29) is 12.2 Å². The van der Waals surface area contributed by atoms with Crippen LogP contribution in [-0.2, 0) is 4.74 Å². The predicted molar refractivity (Wildman–Crippen MR) is 65.3 cm³/mol. The summed E-state index contributed by atoms with van der Waals surface area (Å²) in [6.07, 6.45) is 7.05. The quantitative estimate of drug-likeness (QED) is 0.784. The van der Waals surface area contributed by atoms with Gasteiger partial charge in [-0.25, -0.2) is 0 Å². The molecule has 0 aromatic rings. The maximum Gasteiger partial charge on any atom is 0.0836 e. The Morgan fingerprint density at radius 1 is 1.06 bits per heavy atom. The highest BCUT2D eigenvalue weighted by Crippen LogP contribution is 2.36. The van der Waals surface area contributed by atoms with Crippen LogP contribution in [0.5, 0.6) is 0 Å². The molecular weight excluding hydrogens is 200 g/mol. The fourth-order valence-electron chi connectivity index (χ4n) is 3.63. The highest BCUT2D eigenvalue weighted by Gasteiger charge is 2.34. The Hall–Kier alpha value is -0.0800. The number of aliphatic hydroxyl groups excluding tert-OH is 1. The molecule has 0 radical (unpaired) electrons. The summed E-state index contributed by atoms with van der Waals surface area (Å²) < 4.78 is 5.71. The Kier molecular flexibility index (Phi) is 4.26. The van der Waals surface area contributed by atoms with Crippen molar-refractivity contribution in [1.82, 2.24) is 0 Å². The van der Waals surface area contributed by atoms with Crippen molar-refractivity contribution in [2.45, 2.75) is 64.6 Å². The van der Waals surface area contributed by atoms with Gasteiger partial charge in [-0.3, -0.25) is 0 Å². The Morgan fingerprint density at radius 3 is 2.31 bits per heavy atom. The second-order valence-electron chi connectivity index (χ2n) is 6.07. The lowest BCUT2D eigenvalue weighted by Crippen LogP contribution is -2.40. The van der Waals surface area contributed by atoms with Gasteiger partial charge >= 0.3 is 0 Å². The lowest BCUT2D eigenvalue weighted by atomic mass is 9.73. The standard InChI is InChI=1S/C14H26O2/c1-10-7-11(2)9-12(8-10)14(15)13-5-3-4-6-16-13/h10-15H,3-9H2,1-2H3. The lowest BCUT2D eigenvalue weighted by Gasteiger charge is -2.38. The summed E-state index contributed by atoms with van der Waals surface area (Å²) in [5.74, 6) is 2.01. The van der Waals surface area contributed by atoms with Crippen LogP contribution in [0, 0.1) is 17.8 Å². The maximum atomic E-state index is 10.4. The third kappa shape index (κ3) is 2.98. The summed E-state index contributed by atoms with van der Waals surface area (Å²) in [5, 5.41) is 10.4. The molecule has 1 N–H and O–H groups in total. The summed E-state index contributed by atoms with van der Waals surface area (Å²) in [4.78, 5) is 0. The Bertz CT molecular complexity index is 201. The average molecular weight is 226 g/mol. The Balaban J connectivity index is 1.89. The largest absolute Gasteiger partial charge is 0.390 e. The Labute approximate surface area is 99.4 Å². The summed E-state index contributed by atoms with van der Waals surface area (Å²) in [6, 6.07) is 0. The van der Waals surface area contributed by atoms with Crippen molar-refractivity contribution in [3.8, 4) is 0 Å². The first kappa shape index (κ1) is 12.4. The minimum absolute atomic E-state index is 0.122. The van der Waals surface area contributed by atoms with E-state index in [1.165, 1.54) is 32.1 Å². The van der Waals surface area contributed by atoms with E-state index >= 15 is 0 Å². The molecule has 0 spiro atoms. The fraction of sp³-hybridized carbons (Fsp3) is 1.00. The van der Waals surface area contributed by atoms with Crippen molar-refractivity contribution in [3.63, 3.8) is 0 Å². The molecule has 2 aliphatic rings. The number of aliphatic hydroxyl groups is 1. The van der Waals surface area contributed by atoms with Crippen molar-refractivity contribution < 1.29 is 9.84 Å². The molecule has 2 fully saturated rings. The monoisotopic (exact) mass is 226 g/mol. The summed E-state index contributed by atoms with van der Waals surface area (Å²) in [6.45, 7) is 5.48. The van der Waals surface area contributed by atoms with E-state index in [0.717, 1.165) is 24.9 Å². The third-order valence-electron chi connectivity index (χ3n) is 4.29. The molecule has 2 rings (SSSR count). The van der Waals surface area contributed by atoms with E-state index in [2.05, 4.69) is 13.8 Å². The van der Waals surface area contributed by atoms with Gasteiger partial charge in [-0.05, 0) is 56.3 Å². The van der Waals surface area contributed by atoms with Crippen LogP contribution in [-0.4, -0.2) is 23.9 Å². The molecule has 1 aliphatic heterocycles. The van der Waals surface area contributed by atoms with Crippen LogP contribution in [0.25, 0.3) is 0 Å². The van der Waals surface area contributed by atoms with Gasteiger partial charge in [0, 0.05) is 6.61 Å². The van der Waals surface area contributed by atoms with Crippen molar-refractivity contribution in [2.24, 2.45) is 17.8 Å². The molecule has 1 heterocycles. The third-order valence-corrected chi connectivity index (χ3v) is 4.29. The summed E-state index contributed by atoms with van der Waals surface area (Å²) in [5.41, 5.74) is 0. The number of rotatable bonds is 2. The van der Waals surface area contributed by atoms with E-state index in [4.69, 9.17) is 4.74 Å². The number of ether oxygens (including phenoxy) is 1. The van der Waals surface area contributed by atoms with Gasteiger partial charge in [-0.1, -0.05) is 13.8 Å². The van der Waals surface area contributed by atoms with Crippen LogP contribution in [0.4, 0.5) is 0 Å². The van der Waals surface area contributed by atoms with Gasteiger partial charge in [-0.2, -0.15) is 0 Å². The second kappa shape index (κ2) is 5.50. The van der Waals surface area contributed by atoms with Gasteiger partial charge in [0.1, 0.15) is 0 Å². The molecule has 1 saturated carbocycles. The molecule has 2 nitrogen and oxygen atoms in total. The van der Waals surface area contributed by atoms with E-state index in [1.807, 2.05) is 0 Å². The van der Waals surface area contributed by atoms with Crippen LogP contribution >= 0.6 is 0 Å². The molecule has 1 saturated heterocycles. The molecular formula is C14H26O2. The zero-order valence-corrected chi connectivity index (χ0v) is 10.7. The minimum atomic E-state index is -0.217. The summed E-state index contributed by atoms with van der Waals surface area (Å²) >= 11 is 0. The summed E-state index contributed by atoms with van der Waals surface area (Å²) in [7, 11) is 0. The second-order valence-corrected chi connectivity index (χ2v) is 6.07. The first-order chi connectivity index (χ1) is 7.66. The minimum Gasteiger partial charge on any atom is -0.390 e. The first-order valence-electron chi connectivity index (χ1n) is 6.96. The van der Waals surface area contributed by atoms with Gasteiger partial charge < -0.3 is 9.84 Å². The first-order valence-corrected chi connectivity index (χ1v) is 6.96. The van der Waals surface area contributed by atoms with E-state index in [1.54, 1.807) is 0 Å². The van der Waals surface area contributed by atoms with Crippen molar-refractivity contribution >= 4 is 0 Å². The Morgan fingerprint density at radius 2 is 1.75 bits per heavy atom. The van der Waals surface area contributed by atoms with Crippen molar-refractivity contribution in [1.29, 1.82) is 0 Å². The molecule has 1 aliphatic carbocycles. The number of hydrogen-bond acceptors (Lipinski definition) is 2. The van der Waals surface area contributed by atoms with E-state index < -0.39 is 0 Å². The topological polar surface area (TPSA) is 29.5 Å². The van der Waals surface area contributed by atoms with Crippen LogP contribution in [0.15, 0.2) is 0 Å². The van der Waals surface area contributed by atoms with Crippen LogP contribution in [0.3, 0.4) is 0 Å². The number of hydrogen-bond donors (Lipinski definition) is 1.